The molecule has 1 aromatic rings. The van der Waals surface area contributed by atoms with Crippen LogP contribution in [0.3, 0.4) is 0 Å². The van der Waals surface area contributed by atoms with Crippen molar-refractivity contribution in [3.63, 3.8) is 0 Å². The molecule has 1 aromatic carbocycles. The van der Waals surface area contributed by atoms with Crippen LogP contribution in [0.1, 0.15) is 12.8 Å². The normalized spacial score (nSPS) is 25.7. The summed E-state index contributed by atoms with van der Waals surface area (Å²) in [6.07, 6.45) is 1.90. The lowest BCUT2D eigenvalue weighted by atomic mass is 10.2. The van der Waals surface area contributed by atoms with Gasteiger partial charge in [0.15, 0.2) is 5.17 Å². The van der Waals surface area contributed by atoms with Crippen LogP contribution in [-0.4, -0.2) is 27.8 Å². The Kier molecular flexibility index (Phi) is 2.63. The average molecular weight is 250 g/mol. The number of rotatable bonds is 1. The molecule has 0 radical (unpaired) electrons. The Morgan fingerprint density at radius 3 is 3.06 bits per heavy atom. The molecule has 0 spiro atoms. The molecule has 0 saturated carbocycles. The Labute approximate surface area is 103 Å². The van der Waals surface area contributed by atoms with Gasteiger partial charge >= 0.3 is 0 Å². The summed E-state index contributed by atoms with van der Waals surface area (Å²) in [6, 6.07) is 6.33. The molecule has 1 unspecified atom stereocenters. The van der Waals surface area contributed by atoms with Crippen molar-refractivity contribution in [3.05, 3.63) is 30.1 Å². The molecule has 1 atom stereocenters. The van der Waals surface area contributed by atoms with Crippen LogP contribution < -0.4 is 0 Å². The van der Waals surface area contributed by atoms with Crippen molar-refractivity contribution in [2.45, 2.75) is 18.9 Å². The van der Waals surface area contributed by atoms with E-state index in [0.29, 0.717) is 10.9 Å². The number of fused-ring (bicyclic) bond motifs is 1. The van der Waals surface area contributed by atoms with Gasteiger partial charge in [-0.05, 0) is 36.7 Å². The molecule has 0 amide bonds. The van der Waals surface area contributed by atoms with Crippen LogP contribution in [-0.2, 0) is 4.79 Å². The number of amidine groups is 1. The third-order valence-electron chi connectivity index (χ3n) is 3.03. The molecule has 2 aliphatic heterocycles. The molecule has 88 valence electrons. The quantitative estimate of drug-likeness (QED) is 0.768. The van der Waals surface area contributed by atoms with Gasteiger partial charge in [0.25, 0.3) is 0 Å². The number of para-hydroxylation sites is 1. The highest BCUT2D eigenvalue weighted by Gasteiger charge is 2.41. The lowest BCUT2D eigenvalue weighted by Gasteiger charge is -2.14. The van der Waals surface area contributed by atoms with Crippen molar-refractivity contribution in [2.24, 2.45) is 4.99 Å². The van der Waals surface area contributed by atoms with E-state index in [1.165, 1.54) is 6.07 Å². The van der Waals surface area contributed by atoms with Crippen molar-refractivity contribution in [1.29, 1.82) is 0 Å². The molecule has 2 saturated heterocycles. The Bertz CT molecular complexity index is 503. The monoisotopic (exact) mass is 250 g/mol. The third kappa shape index (κ3) is 1.84. The topological polar surface area (TPSA) is 32.7 Å². The molecule has 5 heteroatoms. The molecule has 3 rings (SSSR count). The van der Waals surface area contributed by atoms with Crippen LogP contribution >= 0.6 is 11.8 Å². The average Bonchev–Trinajstić information content (AvgIpc) is 2.88. The number of hydrogen-bond acceptors (Lipinski definition) is 3. The summed E-state index contributed by atoms with van der Waals surface area (Å²) >= 11 is 1.13. The van der Waals surface area contributed by atoms with E-state index in [1.807, 2.05) is 4.90 Å². The molecule has 0 aromatic heterocycles. The minimum absolute atomic E-state index is 0.0366. The molecular formula is C12H11FN2OS. The number of aliphatic imine (C=N–C) groups is 1. The summed E-state index contributed by atoms with van der Waals surface area (Å²) in [6.45, 7) is 0.844. The van der Waals surface area contributed by atoms with Crippen LogP contribution in [0, 0.1) is 5.82 Å². The first-order chi connectivity index (χ1) is 8.25. The van der Waals surface area contributed by atoms with Crippen LogP contribution in [0.4, 0.5) is 10.1 Å². The van der Waals surface area contributed by atoms with E-state index >= 15 is 0 Å². The second-order valence-electron chi connectivity index (χ2n) is 4.12. The first-order valence-corrected chi connectivity index (χ1v) is 6.39. The summed E-state index contributed by atoms with van der Waals surface area (Å²) in [7, 11) is 0. The molecular weight excluding hydrogens is 239 g/mol. The number of benzene rings is 1. The number of carbonyl (C=O) groups excluding carboxylic acids is 1. The number of hydrogen-bond donors (Lipinski definition) is 0. The van der Waals surface area contributed by atoms with Gasteiger partial charge in [-0.25, -0.2) is 9.38 Å². The van der Waals surface area contributed by atoms with Crippen LogP contribution in [0.15, 0.2) is 29.3 Å². The zero-order chi connectivity index (χ0) is 11.8. The van der Waals surface area contributed by atoms with Crippen molar-refractivity contribution in [1.82, 2.24) is 4.90 Å². The smallest absolute Gasteiger partial charge is 0.219 e. The maximum atomic E-state index is 13.5. The second kappa shape index (κ2) is 4.14. The molecule has 0 aliphatic carbocycles. The van der Waals surface area contributed by atoms with Gasteiger partial charge in [-0.2, -0.15) is 0 Å². The maximum absolute atomic E-state index is 13.5. The van der Waals surface area contributed by atoms with Gasteiger partial charge in [0.05, 0.1) is 0 Å². The van der Waals surface area contributed by atoms with Gasteiger partial charge in [-0.3, -0.25) is 4.79 Å². The van der Waals surface area contributed by atoms with Crippen molar-refractivity contribution in [3.8, 4) is 0 Å². The van der Waals surface area contributed by atoms with Gasteiger partial charge < -0.3 is 4.90 Å². The number of carbonyl (C=O) groups is 1. The van der Waals surface area contributed by atoms with E-state index in [-0.39, 0.29) is 17.0 Å². The Morgan fingerprint density at radius 1 is 1.41 bits per heavy atom. The standard InChI is InChI=1S/C12H11FN2OS/c13-8-4-1-2-5-9(8)14-12-15-7-3-6-10(15)11(16)17-12/h1-2,4-5,10H,3,6-7H2. The molecule has 0 N–H and O–H groups in total. The van der Waals surface area contributed by atoms with E-state index in [2.05, 4.69) is 4.99 Å². The summed E-state index contributed by atoms with van der Waals surface area (Å²) in [4.78, 5) is 17.9. The fourth-order valence-electron chi connectivity index (χ4n) is 2.19. The molecule has 2 fully saturated rings. The maximum Gasteiger partial charge on any atom is 0.219 e. The Balaban J connectivity index is 1.95. The van der Waals surface area contributed by atoms with Crippen molar-refractivity contribution < 1.29 is 9.18 Å². The summed E-state index contributed by atoms with van der Waals surface area (Å²) in [5.74, 6) is -0.351. The minimum Gasteiger partial charge on any atom is -0.340 e. The van der Waals surface area contributed by atoms with Gasteiger partial charge in [0.2, 0.25) is 5.12 Å². The molecule has 17 heavy (non-hydrogen) atoms. The predicted octanol–water partition coefficient (Wildman–Crippen LogP) is 2.55. The zero-order valence-electron chi connectivity index (χ0n) is 9.10. The summed E-state index contributed by atoms with van der Waals surface area (Å²) < 4.78 is 13.5. The highest BCUT2D eigenvalue weighted by molar-refractivity contribution is 8.26. The predicted molar refractivity (Wildman–Crippen MR) is 65.8 cm³/mol. The molecule has 2 aliphatic rings. The molecule has 3 nitrogen and oxygen atoms in total. The molecule has 0 bridgehead atoms. The lowest BCUT2D eigenvalue weighted by Crippen LogP contribution is -2.28. The van der Waals surface area contributed by atoms with Crippen LogP contribution in [0.2, 0.25) is 0 Å². The van der Waals surface area contributed by atoms with E-state index in [0.717, 1.165) is 31.1 Å². The Hall–Kier alpha value is -1.36. The number of nitrogens with zero attached hydrogens (tertiary/aromatic N) is 2. The van der Waals surface area contributed by atoms with E-state index < -0.39 is 0 Å². The number of thioether (sulfide) groups is 1. The zero-order valence-corrected chi connectivity index (χ0v) is 9.91. The highest BCUT2D eigenvalue weighted by Crippen LogP contribution is 2.35. The van der Waals surface area contributed by atoms with E-state index in [1.54, 1.807) is 18.2 Å². The largest absolute Gasteiger partial charge is 0.340 e. The van der Waals surface area contributed by atoms with Gasteiger partial charge in [0.1, 0.15) is 17.5 Å². The SMILES string of the molecule is O=C1SC(=Nc2ccccc2F)N2CCCC12. The van der Waals surface area contributed by atoms with Crippen LogP contribution in [0.25, 0.3) is 0 Å². The van der Waals surface area contributed by atoms with Crippen molar-refractivity contribution >= 4 is 27.7 Å². The molecule has 2 heterocycles. The summed E-state index contributed by atoms with van der Waals surface area (Å²) in [5, 5.41) is 0.778. The Morgan fingerprint density at radius 2 is 2.24 bits per heavy atom. The first kappa shape index (κ1) is 10.8. The first-order valence-electron chi connectivity index (χ1n) is 5.57. The van der Waals surface area contributed by atoms with E-state index in [9.17, 15) is 9.18 Å². The van der Waals surface area contributed by atoms with Gasteiger partial charge in [0, 0.05) is 6.54 Å². The third-order valence-corrected chi connectivity index (χ3v) is 4.01. The number of halogens is 1. The van der Waals surface area contributed by atoms with Crippen LogP contribution in [0.5, 0.6) is 0 Å². The van der Waals surface area contributed by atoms with Gasteiger partial charge in [-0.15, -0.1) is 0 Å². The highest BCUT2D eigenvalue weighted by atomic mass is 32.2. The fraction of sp³-hybridized carbons (Fsp3) is 0.333. The lowest BCUT2D eigenvalue weighted by molar-refractivity contribution is -0.113. The van der Waals surface area contributed by atoms with Gasteiger partial charge in [-0.1, -0.05) is 12.1 Å². The van der Waals surface area contributed by atoms with Crippen molar-refractivity contribution in [2.75, 3.05) is 6.54 Å². The second-order valence-corrected chi connectivity index (χ2v) is 5.09. The van der Waals surface area contributed by atoms with E-state index in [4.69, 9.17) is 0 Å². The minimum atomic E-state index is -0.351. The fourth-order valence-corrected chi connectivity index (χ4v) is 3.23. The summed E-state index contributed by atoms with van der Waals surface area (Å²) in [5.41, 5.74) is 0.301.